The Kier molecular flexibility index (Phi) is 1.69. The quantitative estimate of drug-likeness (QED) is 0.646. The summed E-state index contributed by atoms with van der Waals surface area (Å²) in [5, 5.41) is 8.71. The van der Waals surface area contributed by atoms with Crippen LogP contribution in [0.25, 0.3) is 0 Å². The number of aliphatic carboxylic acids is 1. The minimum absolute atomic E-state index is 0.0388. The summed E-state index contributed by atoms with van der Waals surface area (Å²) >= 11 is 0. The lowest BCUT2D eigenvalue weighted by molar-refractivity contribution is -0.132. The van der Waals surface area contributed by atoms with Crippen molar-refractivity contribution in [1.82, 2.24) is 0 Å². The molecule has 0 saturated heterocycles. The van der Waals surface area contributed by atoms with Gasteiger partial charge in [0.25, 0.3) is 0 Å². The van der Waals surface area contributed by atoms with Crippen molar-refractivity contribution in [3.8, 4) is 0 Å². The number of ether oxygens (including phenoxy) is 1. The SMILES string of the molecule is CC1=NC2C=CC(C(=O)O)=CC2O1. The lowest BCUT2D eigenvalue weighted by Gasteiger charge is -2.14. The van der Waals surface area contributed by atoms with E-state index in [0.29, 0.717) is 5.90 Å². The molecule has 2 aliphatic rings. The summed E-state index contributed by atoms with van der Waals surface area (Å²) in [5.74, 6) is -0.314. The molecule has 1 aliphatic heterocycles. The summed E-state index contributed by atoms with van der Waals surface area (Å²) < 4.78 is 5.30. The molecule has 0 bridgehead atoms. The molecule has 4 heteroatoms. The molecular weight excluding hydrogens is 170 g/mol. The fourth-order valence-electron chi connectivity index (χ4n) is 1.44. The van der Waals surface area contributed by atoms with Crippen molar-refractivity contribution in [3.05, 3.63) is 23.8 Å². The average molecular weight is 179 g/mol. The summed E-state index contributed by atoms with van der Waals surface area (Å²) in [7, 11) is 0. The first-order valence-electron chi connectivity index (χ1n) is 4.01. The molecule has 0 aromatic rings. The van der Waals surface area contributed by atoms with Crippen molar-refractivity contribution in [2.45, 2.75) is 19.1 Å². The first-order chi connectivity index (χ1) is 6.16. The van der Waals surface area contributed by atoms with Crippen LogP contribution in [0.3, 0.4) is 0 Å². The predicted octanol–water partition coefficient (Wildman–Crippen LogP) is 0.753. The van der Waals surface area contributed by atoms with Crippen molar-refractivity contribution < 1.29 is 14.6 Å². The summed E-state index contributed by atoms with van der Waals surface area (Å²) in [6, 6.07) is -0.0388. The largest absolute Gasteiger partial charge is 0.478 e. The zero-order chi connectivity index (χ0) is 9.42. The van der Waals surface area contributed by atoms with Gasteiger partial charge in [-0.05, 0) is 12.2 Å². The monoisotopic (exact) mass is 179 g/mol. The Morgan fingerprint density at radius 1 is 1.69 bits per heavy atom. The van der Waals surface area contributed by atoms with E-state index in [9.17, 15) is 4.79 Å². The number of nitrogens with zero attached hydrogens (tertiary/aromatic N) is 1. The number of carbonyl (C=O) groups is 1. The van der Waals surface area contributed by atoms with Gasteiger partial charge in [-0.15, -0.1) is 0 Å². The Bertz CT molecular complexity index is 341. The topological polar surface area (TPSA) is 58.9 Å². The molecule has 68 valence electrons. The second-order valence-electron chi connectivity index (χ2n) is 3.01. The van der Waals surface area contributed by atoms with Crippen LogP contribution in [0, 0.1) is 0 Å². The molecule has 13 heavy (non-hydrogen) atoms. The van der Waals surface area contributed by atoms with Gasteiger partial charge < -0.3 is 9.84 Å². The summed E-state index contributed by atoms with van der Waals surface area (Å²) in [6.45, 7) is 1.76. The van der Waals surface area contributed by atoms with Crippen molar-refractivity contribution in [1.29, 1.82) is 0 Å². The average Bonchev–Trinajstić information content (AvgIpc) is 2.42. The van der Waals surface area contributed by atoms with E-state index in [4.69, 9.17) is 9.84 Å². The molecule has 2 atom stereocenters. The third-order valence-corrected chi connectivity index (χ3v) is 2.04. The van der Waals surface area contributed by atoms with Crippen LogP contribution < -0.4 is 0 Å². The van der Waals surface area contributed by atoms with Crippen LogP contribution in [0.5, 0.6) is 0 Å². The van der Waals surface area contributed by atoms with Gasteiger partial charge in [-0.2, -0.15) is 0 Å². The molecular formula is C9H9NO3. The standard InChI is InChI=1S/C9H9NO3/c1-5-10-7-3-2-6(9(11)12)4-8(7)13-5/h2-4,7-8H,1H3,(H,11,12). The highest BCUT2D eigenvalue weighted by Gasteiger charge is 2.29. The van der Waals surface area contributed by atoms with Crippen LogP contribution in [0.15, 0.2) is 28.8 Å². The second kappa shape index (κ2) is 2.73. The number of carboxylic acid groups (broad SMARTS) is 1. The van der Waals surface area contributed by atoms with E-state index >= 15 is 0 Å². The Morgan fingerprint density at radius 3 is 3.15 bits per heavy atom. The minimum atomic E-state index is -0.928. The van der Waals surface area contributed by atoms with Crippen LogP contribution in [0.2, 0.25) is 0 Å². The normalized spacial score (nSPS) is 30.2. The van der Waals surface area contributed by atoms with Gasteiger partial charge in [-0.3, -0.25) is 0 Å². The van der Waals surface area contributed by atoms with Gasteiger partial charge in [-0.1, -0.05) is 6.08 Å². The molecule has 0 aromatic heterocycles. The predicted molar refractivity (Wildman–Crippen MR) is 46.6 cm³/mol. The zero-order valence-corrected chi connectivity index (χ0v) is 7.10. The summed E-state index contributed by atoms with van der Waals surface area (Å²) in [4.78, 5) is 14.8. The van der Waals surface area contributed by atoms with E-state index < -0.39 is 5.97 Å². The summed E-state index contributed by atoms with van der Waals surface area (Å²) in [5.41, 5.74) is 0.270. The van der Waals surface area contributed by atoms with Gasteiger partial charge in [-0.25, -0.2) is 9.79 Å². The Balaban J connectivity index is 2.23. The molecule has 0 saturated carbocycles. The van der Waals surface area contributed by atoms with Gasteiger partial charge in [0.2, 0.25) is 0 Å². The highest BCUT2D eigenvalue weighted by atomic mass is 16.5. The summed E-state index contributed by atoms with van der Waals surface area (Å²) in [6.07, 6.45) is 4.68. The number of aliphatic imine (C=N–C) groups is 1. The number of hydrogen-bond donors (Lipinski definition) is 1. The maximum absolute atomic E-state index is 10.6. The van der Waals surface area contributed by atoms with Crippen LogP contribution in [0.4, 0.5) is 0 Å². The molecule has 0 spiro atoms. The number of carboxylic acids is 1. The highest BCUT2D eigenvalue weighted by Crippen LogP contribution is 2.22. The van der Waals surface area contributed by atoms with Crippen molar-refractivity contribution >= 4 is 11.9 Å². The smallest absolute Gasteiger partial charge is 0.335 e. The Labute approximate surface area is 75.2 Å². The van der Waals surface area contributed by atoms with E-state index in [-0.39, 0.29) is 17.7 Å². The molecule has 0 amide bonds. The fraction of sp³-hybridized carbons (Fsp3) is 0.333. The molecule has 1 N–H and O–H groups in total. The number of hydrogen-bond acceptors (Lipinski definition) is 3. The van der Waals surface area contributed by atoms with E-state index in [1.807, 2.05) is 0 Å². The van der Waals surface area contributed by atoms with Crippen molar-refractivity contribution in [3.63, 3.8) is 0 Å². The zero-order valence-electron chi connectivity index (χ0n) is 7.10. The highest BCUT2D eigenvalue weighted by molar-refractivity contribution is 5.90. The lowest BCUT2D eigenvalue weighted by Crippen LogP contribution is -2.22. The molecule has 0 radical (unpaired) electrons. The molecule has 0 aromatic carbocycles. The van der Waals surface area contributed by atoms with Crippen LogP contribution in [0.1, 0.15) is 6.92 Å². The fourth-order valence-corrected chi connectivity index (χ4v) is 1.44. The second-order valence-corrected chi connectivity index (χ2v) is 3.01. The Hall–Kier alpha value is -1.58. The number of fused-ring (bicyclic) bond motifs is 1. The van der Waals surface area contributed by atoms with E-state index in [0.717, 1.165) is 0 Å². The van der Waals surface area contributed by atoms with Crippen molar-refractivity contribution in [2.24, 2.45) is 4.99 Å². The first-order valence-corrected chi connectivity index (χ1v) is 4.01. The third kappa shape index (κ3) is 1.35. The van der Waals surface area contributed by atoms with Gasteiger partial charge in [0.1, 0.15) is 12.1 Å². The number of rotatable bonds is 1. The maximum atomic E-state index is 10.6. The third-order valence-electron chi connectivity index (χ3n) is 2.04. The molecule has 1 heterocycles. The van der Waals surface area contributed by atoms with E-state index in [2.05, 4.69) is 4.99 Å². The van der Waals surface area contributed by atoms with Crippen LogP contribution in [-0.4, -0.2) is 29.1 Å². The van der Waals surface area contributed by atoms with Gasteiger partial charge in [0, 0.05) is 6.92 Å². The van der Waals surface area contributed by atoms with Crippen LogP contribution >= 0.6 is 0 Å². The van der Waals surface area contributed by atoms with Crippen LogP contribution in [-0.2, 0) is 9.53 Å². The van der Waals surface area contributed by atoms with E-state index in [1.54, 1.807) is 25.2 Å². The van der Waals surface area contributed by atoms with Crippen molar-refractivity contribution in [2.75, 3.05) is 0 Å². The molecule has 2 unspecified atom stereocenters. The van der Waals surface area contributed by atoms with Gasteiger partial charge in [0.05, 0.1) is 5.57 Å². The lowest BCUT2D eigenvalue weighted by atomic mass is 10.0. The van der Waals surface area contributed by atoms with Gasteiger partial charge >= 0.3 is 5.97 Å². The molecule has 4 nitrogen and oxygen atoms in total. The molecule has 0 fully saturated rings. The molecule has 1 aliphatic carbocycles. The van der Waals surface area contributed by atoms with Gasteiger partial charge in [0.15, 0.2) is 5.90 Å². The maximum Gasteiger partial charge on any atom is 0.335 e. The minimum Gasteiger partial charge on any atom is -0.478 e. The molecule has 2 rings (SSSR count). The first kappa shape index (κ1) is 8.04. The van der Waals surface area contributed by atoms with E-state index in [1.165, 1.54) is 0 Å². The Morgan fingerprint density at radius 2 is 2.46 bits per heavy atom.